The predicted octanol–water partition coefficient (Wildman–Crippen LogP) is 3.53. The summed E-state index contributed by atoms with van der Waals surface area (Å²) in [6.45, 7) is 4.01. The van der Waals surface area contributed by atoms with Gasteiger partial charge in [0.25, 0.3) is 0 Å². The summed E-state index contributed by atoms with van der Waals surface area (Å²) < 4.78 is 13.0. The van der Waals surface area contributed by atoms with Gasteiger partial charge >= 0.3 is 0 Å². The summed E-state index contributed by atoms with van der Waals surface area (Å²) in [4.78, 5) is 2.38. The van der Waals surface area contributed by atoms with Gasteiger partial charge in [0.15, 0.2) is 0 Å². The maximum absolute atomic E-state index is 13.0. The highest BCUT2D eigenvalue weighted by Crippen LogP contribution is 2.25. The molecule has 1 aliphatic heterocycles. The third-order valence-corrected chi connectivity index (χ3v) is 4.41. The Labute approximate surface area is 131 Å². The molecule has 1 saturated heterocycles. The van der Waals surface area contributed by atoms with Gasteiger partial charge in [-0.15, -0.1) is 0 Å². The summed E-state index contributed by atoms with van der Waals surface area (Å²) in [6.07, 6.45) is 1.98. The van der Waals surface area contributed by atoms with Crippen LogP contribution in [0.4, 0.5) is 10.1 Å². The van der Waals surface area contributed by atoms with E-state index in [1.165, 1.54) is 28.9 Å². The van der Waals surface area contributed by atoms with Crippen molar-refractivity contribution in [3.8, 4) is 0 Å². The van der Waals surface area contributed by atoms with Crippen molar-refractivity contribution in [1.29, 1.82) is 0 Å². The Morgan fingerprint density at radius 3 is 2.41 bits per heavy atom. The van der Waals surface area contributed by atoms with Crippen LogP contribution >= 0.6 is 0 Å². The Kier molecular flexibility index (Phi) is 4.44. The van der Waals surface area contributed by atoms with Crippen molar-refractivity contribution in [2.75, 3.05) is 18.0 Å². The minimum atomic E-state index is -0.176. The van der Waals surface area contributed by atoms with E-state index in [-0.39, 0.29) is 11.9 Å². The molecule has 116 valence electrons. The van der Waals surface area contributed by atoms with Gasteiger partial charge in [-0.05, 0) is 55.5 Å². The average molecular weight is 298 g/mol. The Bertz CT molecular complexity index is 606. The number of aryl methyl sites for hydroxylation is 1. The van der Waals surface area contributed by atoms with E-state index in [9.17, 15) is 4.39 Å². The van der Waals surface area contributed by atoms with Gasteiger partial charge in [-0.3, -0.25) is 0 Å². The predicted molar refractivity (Wildman–Crippen MR) is 89.6 cm³/mol. The molecular formula is C19H23FN2. The number of hydrogen-bond acceptors (Lipinski definition) is 2. The van der Waals surface area contributed by atoms with Crippen LogP contribution in [0.1, 0.15) is 17.5 Å². The Hall–Kier alpha value is -1.87. The molecule has 2 unspecified atom stereocenters. The van der Waals surface area contributed by atoms with Gasteiger partial charge in [0.05, 0.1) is 0 Å². The van der Waals surface area contributed by atoms with Gasteiger partial charge in [0.2, 0.25) is 0 Å². The minimum absolute atomic E-state index is 0.176. The third kappa shape index (κ3) is 3.66. The summed E-state index contributed by atoms with van der Waals surface area (Å²) in [5, 5.41) is 0. The zero-order valence-corrected chi connectivity index (χ0v) is 13.0. The van der Waals surface area contributed by atoms with Crippen LogP contribution in [0, 0.1) is 18.7 Å². The van der Waals surface area contributed by atoms with Crippen LogP contribution in [-0.2, 0) is 6.42 Å². The lowest BCUT2D eigenvalue weighted by molar-refractivity contribution is 0.374. The van der Waals surface area contributed by atoms with Gasteiger partial charge in [-0.1, -0.05) is 29.8 Å². The minimum Gasteiger partial charge on any atom is -0.370 e. The van der Waals surface area contributed by atoms with Crippen molar-refractivity contribution in [3.63, 3.8) is 0 Å². The molecule has 0 spiro atoms. The fourth-order valence-electron chi connectivity index (χ4n) is 3.31. The lowest BCUT2D eigenvalue weighted by Gasteiger charge is -2.38. The van der Waals surface area contributed by atoms with Crippen LogP contribution < -0.4 is 10.6 Å². The molecule has 2 nitrogen and oxygen atoms in total. The smallest absolute Gasteiger partial charge is 0.123 e. The molecule has 1 fully saturated rings. The molecule has 0 aromatic heterocycles. The van der Waals surface area contributed by atoms with Crippen molar-refractivity contribution in [1.82, 2.24) is 0 Å². The number of nitrogens with two attached hydrogens (primary N) is 1. The van der Waals surface area contributed by atoms with Crippen molar-refractivity contribution in [2.45, 2.75) is 25.8 Å². The molecule has 2 aromatic carbocycles. The highest BCUT2D eigenvalue weighted by atomic mass is 19.1. The Morgan fingerprint density at radius 2 is 1.73 bits per heavy atom. The summed E-state index contributed by atoms with van der Waals surface area (Å²) in [7, 11) is 0. The zero-order valence-electron chi connectivity index (χ0n) is 13.0. The maximum atomic E-state index is 13.0. The largest absolute Gasteiger partial charge is 0.370 e. The lowest BCUT2D eigenvalue weighted by Crippen LogP contribution is -2.47. The average Bonchev–Trinajstić information content (AvgIpc) is 2.50. The van der Waals surface area contributed by atoms with Gasteiger partial charge in [0, 0.05) is 24.8 Å². The van der Waals surface area contributed by atoms with Crippen LogP contribution in [0.25, 0.3) is 0 Å². The monoisotopic (exact) mass is 298 g/mol. The van der Waals surface area contributed by atoms with E-state index in [0.29, 0.717) is 5.92 Å². The summed E-state index contributed by atoms with van der Waals surface area (Å²) in [5.74, 6) is 0.334. The topological polar surface area (TPSA) is 29.3 Å². The number of anilines is 1. The van der Waals surface area contributed by atoms with Crippen LogP contribution in [-0.4, -0.2) is 19.1 Å². The zero-order chi connectivity index (χ0) is 15.5. The molecule has 2 atom stereocenters. The highest BCUT2D eigenvalue weighted by Gasteiger charge is 2.25. The van der Waals surface area contributed by atoms with Gasteiger partial charge in [-0.25, -0.2) is 4.39 Å². The Morgan fingerprint density at radius 1 is 1.05 bits per heavy atom. The highest BCUT2D eigenvalue weighted by molar-refractivity contribution is 5.48. The number of nitrogens with zero attached hydrogens (tertiary/aromatic N) is 1. The van der Waals surface area contributed by atoms with Crippen molar-refractivity contribution in [2.24, 2.45) is 11.7 Å². The van der Waals surface area contributed by atoms with Crippen molar-refractivity contribution >= 4 is 5.69 Å². The second kappa shape index (κ2) is 6.49. The first-order chi connectivity index (χ1) is 10.6. The number of hydrogen-bond donors (Lipinski definition) is 1. The molecular weight excluding hydrogens is 275 g/mol. The van der Waals surface area contributed by atoms with Crippen LogP contribution in [0.3, 0.4) is 0 Å². The second-order valence-electron chi connectivity index (χ2n) is 6.43. The van der Waals surface area contributed by atoms with Crippen molar-refractivity contribution < 1.29 is 4.39 Å². The van der Waals surface area contributed by atoms with E-state index < -0.39 is 0 Å². The summed E-state index contributed by atoms with van der Waals surface area (Å²) in [6, 6.07) is 15.7. The SMILES string of the molecule is Cc1ccc(N2CC(N)CC(Cc3ccc(F)cc3)C2)cc1. The quantitative estimate of drug-likeness (QED) is 0.939. The Balaban J connectivity index is 1.70. The molecule has 0 bridgehead atoms. The van der Waals surface area contributed by atoms with E-state index in [1.54, 1.807) is 0 Å². The number of rotatable bonds is 3. The summed E-state index contributed by atoms with van der Waals surface area (Å²) in [5.41, 5.74) is 9.96. The normalized spacial score (nSPS) is 21.9. The van der Waals surface area contributed by atoms with E-state index in [0.717, 1.165) is 25.9 Å². The molecule has 2 N–H and O–H groups in total. The van der Waals surface area contributed by atoms with E-state index in [4.69, 9.17) is 5.73 Å². The van der Waals surface area contributed by atoms with Gasteiger partial charge in [0.1, 0.15) is 5.82 Å². The van der Waals surface area contributed by atoms with E-state index in [1.807, 2.05) is 12.1 Å². The van der Waals surface area contributed by atoms with Crippen LogP contribution in [0.2, 0.25) is 0 Å². The van der Waals surface area contributed by atoms with Crippen LogP contribution in [0.5, 0.6) is 0 Å². The fraction of sp³-hybridized carbons (Fsp3) is 0.368. The third-order valence-electron chi connectivity index (χ3n) is 4.41. The first kappa shape index (κ1) is 15.0. The van der Waals surface area contributed by atoms with E-state index in [2.05, 4.69) is 36.1 Å². The standard InChI is InChI=1S/C19H23FN2/c1-14-2-8-19(9-3-14)22-12-16(11-18(21)13-22)10-15-4-6-17(20)7-5-15/h2-9,16,18H,10-13,21H2,1H3. The molecule has 0 saturated carbocycles. The molecule has 3 rings (SSSR count). The van der Waals surface area contributed by atoms with Crippen molar-refractivity contribution in [3.05, 3.63) is 65.5 Å². The molecule has 0 aliphatic carbocycles. The number of benzene rings is 2. The molecule has 0 radical (unpaired) electrons. The molecule has 1 heterocycles. The molecule has 22 heavy (non-hydrogen) atoms. The molecule has 3 heteroatoms. The summed E-state index contributed by atoms with van der Waals surface area (Å²) >= 11 is 0. The first-order valence-electron chi connectivity index (χ1n) is 7.92. The second-order valence-corrected chi connectivity index (χ2v) is 6.43. The van der Waals surface area contributed by atoms with Gasteiger partial charge in [-0.2, -0.15) is 0 Å². The number of halogens is 1. The lowest BCUT2D eigenvalue weighted by atomic mass is 9.88. The molecule has 1 aliphatic rings. The van der Waals surface area contributed by atoms with Gasteiger partial charge < -0.3 is 10.6 Å². The molecule has 2 aromatic rings. The van der Waals surface area contributed by atoms with E-state index >= 15 is 0 Å². The van der Waals surface area contributed by atoms with Crippen LogP contribution in [0.15, 0.2) is 48.5 Å². The molecule has 0 amide bonds. The number of piperidine rings is 1. The fourth-order valence-corrected chi connectivity index (χ4v) is 3.31. The first-order valence-corrected chi connectivity index (χ1v) is 7.92. The maximum Gasteiger partial charge on any atom is 0.123 e.